The molecule has 2 fully saturated rings. The van der Waals surface area contributed by atoms with Crippen LogP contribution in [0.2, 0.25) is 10.0 Å². The second-order valence-corrected chi connectivity index (χ2v) is 7.07. The van der Waals surface area contributed by atoms with E-state index in [0.29, 0.717) is 43.2 Å². The summed E-state index contributed by atoms with van der Waals surface area (Å²) in [6, 6.07) is 3.88. The number of aliphatic carboxylic acids is 1. The molecule has 1 N–H and O–H groups in total. The normalized spacial score (nSPS) is 24.5. The minimum Gasteiger partial charge on any atom is -0.548 e. The van der Waals surface area contributed by atoms with Gasteiger partial charge in [0.05, 0.1) is 28.2 Å². The molecule has 0 bridgehead atoms. The summed E-state index contributed by atoms with van der Waals surface area (Å²) < 4.78 is 5.37. The summed E-state index contributed by atoms with van der Waals surface area (Å²) in [7, 11) is 0. The molecule has 0 amide bonds. The monoisotopic (exact) mass is 397 g/mol. The Morgan fingerprint density at radius 2 is 2.04 bits per heavy atom. The van der Waals surface area contributed by atoms with Gasteiger partial charge in [-0.1, -0.05) is 35.3 Å². The van der Waals surface area contributed by atoms with E-state index in [0.717, 1.165) is 0 Å². The number of hydrogen-bond donors (Lipinski definition) is 1. The van der Waals surface area contributed by atoms with Gasteiger partial charge in [0.2, 0.25) is 0 Å². The number of nitrogens with zero attached hydrogens (tertiary/aromatic N) is 1. The fourth-order valence-corrected chi connectivity index (χ4v) is 4.07. The van der Waals surface area contributed by atoms with Gasteiger partial charge in [0.15, 0.2) is 0 Å². The van der Waals surface area contributed by atoms with Gasteiger partial charge in [0.25, 0.3) is 0 Å². The summed E-state index contributed by atoms with van der Waals surface area (Å²) in [6.45, 7) is 1.90. The molecule has 2 aliphatic rings. The van der Waals surface area contributed by atoms with Gasteiger partial charge in [-0.15, -0.1) is 0 Å². The first-order chi connectivity index (χ1) is 10.9. The maximum Gasteiger partial charge on any atom is 1.00 e. The van der Waals surface area contributed by atoms with Crippen LogP contribution in [0.4, 0.5) is 0 Å². The van der Waals surface area contributed by atoms with Crippen molar-refractivity contribution in [3.05, 3.63) is 33.8 Å². The number of carboxylic acids is 1. The first kappa shape index (κ1) is 21.1. The van der Waals surface area contributed by atoms with Gasteiger partial charge in [0.1, 0.15) is 0 Å². The Bertz CT molecular complexity index is 610. The Morgan fingerprint density at radius 1 is 1.38 bits per heavy atom. The van der Waals surface area contributed by atoms with E-state index in [9.17, 15) is 15.0 Å². The van der Waals surface area contributed by atoms with Crippen LogP contribution in [-0.4, -0.2) is 48.4 Å². The van der Waals surface area contributed by atoms with E-state index in [-0.39, 0.29) is 68.4 Å². The zero-order valence-electron chi connectivity index (χ0n) is 13.5. The average molecular weight is 398 g/mol. The van der Waals surface area contributed by atoms with Crippen molar-refractivity contribution in [3.8, 4) is 0 Å². The van der Waals surface area contributed by atoms with E-state index >= 15 is 0 Å². The maximum atomic E-state index is 11.8. The third-order valence-corrected chi connectivity index (χ3v) is 5.82. The Labute approximate surface area is 193 Å². The van der Waals surface area contributed by atoms with E-state index in [1.165, 1.54) is 0 Å². The zero-order chi connectivity index (χ0) is 16.6. The van der Waals surface area contributed by atoms with Gasteiger partial charge < -0.3 is 19.7 Å². The number of carboxylic acid groups (broad SMARTS) is 1. The standard InChI is InChI=1S/C16H19Cl2NO4.K/c17-11-3-1-2-10(13(11)18)14(15(21)22)19-8-12(20)16(9-19)4-6-23-7-5-16;/h1-3,12,14,20H,4-9H2,(H,21,22);/q;+1/p-1. The van der Waals surface area contributed by atoms with Gasteiger partial charge in [-0.3, -0.25) is 4.90 Å². The van der Waals surface area contributed by atoms with Crippen LogP contribution in [0.25, 0.3) is 0 Å². The molecule has 8 heteroatoms. The molecule has 0 aliphatic carbocycles. The molecule has 126 valence electrons. The summed E-state index contributed by atoms with van der Waals surface area (Å²) in [4.78, 5) is 13.5. The summed E-state index contributed by atoms with van der Waals surface area (Å²) in [6.07, 6.45) is 0.840. The van der Waals surface area contributed by atoms with Crippen molar-refractivity contribution < 1.29 is 71.1 Å². The largest absolute Gasteiger partial charge is 1.00 e. The van der Waals surface area contributed by atoms with Crippen LogP contribution >= 0.6 is 23.2 Å². The van der Waals surface area contributed by atoms with Crippen molar-refractivity contribution >= 4 is 29.2 Å². The molecule has 2 unspecified atom stereocenters. The second kappa shape index (κ2) is 8.65. The van der Waals surface area contributed by atoms with Crippen molar-refractivity contribution in [2.24, 2.45) is 5.41 Å². The van der Waals surface area contributed by atoms with Crippen molar-refractivity contribution in [2.75, 3.05) is 26.3 Å². The number of benzene rings is 1. The molecular formula is C16H18Cl2KNO4. The number of hydrogen-bond acceptors (Lipinski definition) is 5. The molecule has 0 aromatic heterocycles. The first-order valence-corrected chi connectivity index (χ1v) is 8.35. The smallest absolute Gasteiger partial charge is 0.548 e. The molecule has 0 radical (unpaired) electrons. The van der Waals surface area contributed by atoms with E-state index < -0.39 is 18.1 Å². The second-order valence-electron chi connectivity index (χ2n) is 6.28. The summed E-state index contributed by atoms with van der Waals surface area (Å²) >= 11 is 12.2. The van der Waals surface area contributed by atoms with E-state index in [1.807, 2.05) is 0 Å². The minimum atomic E-state index is -1.24. The molecule has 2 heterocycles. The van der Waals surface area contributed by atoms with Crippen LogP contribution in [-0.2, 0) is 9.53 Å². The molecular weight excluding hydrogens is 380 g/mol. The van der Waals surface area contributed by atoms with Crippen molar-refractivity contribution in [1.29, 1.82) is 0 Å². The number of halogens is 2. The molecule has 2 aliphatic heterocycles. The Hall–Kier alpha value is 0.786. The molecule has 24 heavy (non-hydrogen) atoms. The van der Waals surface area contributed by atoms with Crippen LogP contribution in [0, 0.1) is 5.41 Å². The number of aliphatic hydroxyl groups excluding tert-OH is 1. The molecule has 5 nitrogen and oxygen atoms in total. The van der Waals surface area contributed by atoms with Gasteiger partial charge in [-0.25, -0.2) is 0 Å². The zero-order valence-corrected chi connectivity index (χ0v) is 18.1. The van der Waals surface area contributed by atoms with Crippen molar-refractivity contribution in [3.63, 3.8) is 0 Å². The van der Waals surface area contributed by atoms with Crippen molar-refractivity contribution in [2.45, 2.75) is 25.0 Å². The fourth-order valence-electron chi connectivity index (χ4n) is 3.66. The van der Waals surface area contributed by atoms with E-state index in [4.69, 9.17) is 27.9 Å². The quantitative estimate of drug-likeness (QED) is 0.613. The van der Waals surface area contributed by atoms with E-state index in [2.05, 4.69) is 0 Å². The predicted molar refractivity (Wildman–Crippen MR) is 84.3 cm³/mol. The molecule has 0 saturated carbocycles. The van der Waals surface area contributed by atoms with Crippen LogP contribution in [0.3, 0.4) is 0 Å². The Morgan fingerprint density at radius 3 is 2.67 bits per heavy atom. The number of carbonyl (C=O) groups excluding carboxylic acids is 1. The van der Waals surface area contributed by atoms with Gasteiger partial charge >= 0.3 is 51.4 Å². The Kier molecular flexibility index (Phi) is 7.60. The average Bonchev–Trinajstić information content (AvgIpc) is 2.80. The van der Waals surface area contributed by atoms with Crippen LogP contribution in [0.5, 0.6) is 0 Å². The molecule has 1 aromatic carbocycles. The SMILES string of the molecule is O=C([O-])C(c1cccc(Cl)c1Cl)N1CC(O)C2(CCOCC2)C1.[K+]. The molecule has 2 atom stereocenters. The first-order valence-electron chi connectivity index (χ1n) is 7.59. The van der Waals surface area contributed by atoms with Gasteiger partial charge in [-0.2, -0.15) is 0 Å². The third kappa shape index (κ3) is 4.03. The third-order valence-electron chi connectivity index (χ3n) is 4.99. The topological polar surface area (TPSA) is 72.8 Å². The fraction of sp³-hybridized carbons (Fsp3) is 0.562. The van der Waals surface area contributed by atoms with Gasteiger partial charge in [0, 0.05) is 31.7 Å². The number of rotatable bonds is 3. The van der Waals surface area contributed by atoms with Gasteiger partial charge in [-0.05, 0) is 24.5 Å². The molecule has 1 aromatic rings. The number of aliphatic hydroxyl groups is 1. The predicted octanol–water partition coefficient (Wildman–Crippen LogP) is -1.74. The van der Waals surface area contributed by atoms with Crippen LogP contribution < -0.4 is 56.5 Å². The number of β-amino-alcohol motifs (C(OH)–C–C–N with tert-alkyl or cyclic N) is 1. The number of carbonyl (C=O) groups is 1. The maximum absolute atomic E-state index is 11.8. The Balaban J connectivity index is 0.00000208. The molecule has 3 rings (SSSR count). The number of likely N-dealkylation sites (tertiary alicyclic amines) is 1. The number of ether oxygens (including phenoxy) is 1. The molecule has 2 saturated heterocycles. The van der Waals surface area contributed by atoms with E-state index in [1.54, 1.807) is 23.1 Å². The van der Waals surface area contributed by atoms with Crippen LogP contribution in [0.15, 0.2) is 18.2 Å². The van der Waals surface area contributed by atoms with Crippen LogP contribution in [0.1, 0.15) is 24.4 Å². The summed E-state index contributed by atoms with van der Waals surface area (Å²) in [5, 5.41) is 22.8. The van der Waals surface area contributed by atoms with Crippen molar-refractivity contribution in [1.82, 2.24) is 4.90 Å². The minimum absolute atomic E-state index is 0. The summed E-state index contributed by atoms with van der Waals surface area (Å²) in [5.74, 6) is -1.24. The molecule has 1 spiro atoms. The summed E-state index contributed by atoms with van der Waals surface area (Å²) in [5.41, 5.74) is 0.0762.